The van der Waals surface area contributed by atoms with E-state index in [9.17, 15) is 4.79 Å². The monoisotopic (exact) mass is 345 g/mol. The van der Waals surface area contributed by atoms with Gasteiger partial charge in [-0.15, -0.1) is 10.2 Å². The molecule has 0 fully saturated rings. The first kappa shape index (κ1) is 16.1. The third kappa shape index (κ3) is 3.60. The van der Waals surface area contributed by atoms with Gasteiger partial charge in [0.2, 0.25) is 0 Å². The van der Waals surface area contributed by atoms with E-state index in [1.165, 1.54) is 0 Å². The molecule has 0 aliphatic carbocycles. The number of hydrogen-bond acceptors (Lipinski definition) is 6. The summed E-state index contributed by atoms with van der Waals surface area (Å²) in [4.78, 5) is 10.8. The number of nitrogens with zero attached hydrogens (tertiary/aromatic N) is 3. The highest BCUT2D eigenvalue weighted by molar-refractivity contribution is 7.99. The van der Waals surface area contributed by atoms with Gasteiger partial charge < -0.3 is 14.3 Å². The first-order chi connectivity index (χ1) is 11.7. The van der Waals surface area contributed by atoms with Crippen molar-refractivity contribution in [2.75, 3.05) is 12.9 Å². The lowest BCUT2D eigenvalue weighted by atomic mass is 10.2. The zero-order valence-electron chi connectivity index (χ0n) is 12.9. The Morgan fingerprint density at radius 1 is 1.33 bits per heavy atom. The maximum atomic E-state index is 10.8. The molecule has 0 radical (unpaired) electrons. The molecule has 0 atom stereocenters. The molecule has 0 saturated carbocycles. The Hall–Kier alpha value is -2.74. The van der Waals surface area contributed by atoms with Gasteiger partial charge in [-0.05, 0) is 24.3 Å². The van der Waals surface area contributed by atoms with E-state index in [2.05, 4.69) is 10.2 Å². The van der Waals surface area contributed by atoms with Gasteiger partial charge in [0.25, 0.3) is 0 Å². The van der Waals surface area contributed by atoms with Gasteiger partial charge in [0.1, 0.15) is 11.5 Å². The van der Waals surface area contributed by atoms with Crippen LogP contribution in [0.2, 0.25) is 0 Å². The third-order valence-corrected chi connectivity index (χ3v) is 4.22. The van der Waals surface area contributed by atoms with Crippen LogP contribution in [0.15, 0.2) is 52.2 Å². The van der Waals surface area contributed by atoms with Crippen LogP contribution in [0.4, 0.5) is 0 Å². The minimum absolute atomic E-state index is 0.0889. The van der Waals surface area contributed by atoms with Gasteiger partial charge >= 0.3 is 5.97 Å². The average Bonchev–Trinajstić information content (AvgIpc) is 3.23. The number of aliphatic carboxylic acids is 1. The number of hydrogen-bond donors (Lipinski definition) is 1. The summed E-state index contributed by atoms with van der Waals surface area (Å²) in [6, 6.07) is 11.1. The van der Waals surface area contributed by atoms with Crippen molar-refractivity contribution in [1.29, 1.82) is 0 Å². The standard InChI is InChI=1S/C16H15N3O4S/c1-22-12-5-2-4-11(8-12)15-17-18-16(24-10-14(20)21)19(15)9-13-6-3-7-23-13/h2-8H,9-10H2,1H3,(H,20,21). The number of ether oxygens (including phenoxy) is 1. The highest BCUT2D eigenvalue weighted by atomic mass is 32.2. The van der Waals surface area contributed by atoms with E-state index >= 15 is 0 Å². The maximum absolute atomic E-state index is 10.8. The number of carboxylic acids is 1. The average molecular weight is 345 g/mol. The normalized spacial score (nSPS) is 10.7. The van der Waals surface area contributed by atoms with Gasteiger partial charge in [0, 0.05) is 5.56 Å². The fraction of sp³-hybridized carbons (Fsp3) is 0.188. The first-order valence-electron chi connectivity index (χ1n) is 7.12. The molecule has 0 spiro atoms. The molecular formula is C16H15N3O4S. The zero-order valence-corrected chi connectivity index (χ0v) is 13.7. The fourth-order valence-electron chi connectivity index (χ4n) is 2.20. The van der Waals surface area contributed by atoms with Crippen molar-refractivity contribution in [2.24, 2.45) is 0 Å². The summed E-state index contributed by atoms with van der Waals surface area (Å²) >= 11 is 1.12. The number of benzene rings is 1. The molecule has 3 aromatic rings. The second kappa shape index (κ2) is 7.22. The molecule has 1 N–H and O–H groups in total. The van der Waals surface area contributed by atoms with Gasteiger partial charge in [-0.2, -0.15) is 0 Å². The van der Waals surface area contributed by atoms with Crippen molar-refractivity contribution < 1.29 is 19.1 Å². The number of methoxy groups -OCH3 is 1. The molecule has 124 valence electrons. The van der Waals surface area contributed by atoms with Crippen LogP contribution < -0.4 is 4.74 Å². The van der Waals surface area contributed by atoms with Gasteiger partial charge in [-0.1, -0.05) is 23.9 Å². The Bertz CT molecular complexity index is 830. The number of carboxylic acid groups (broad SMARTS) is 1. The Kier molecular flexibility index (Phi) is 4.85. The van der Waals surface area contributed by atoms with Crippen molar-refractivity contribution in [3.63, 3.8) is 0 Å². The quantitative estimate of drug-likeness (QED) is 0.658. The summed E-state index contributed by atoms with van der Waals surface area (Å²) in [5.41, 5.74) is 0.829. The van der Waals surface area contributed by atoms with E-state index in [0.29, 0.717) is 23.3 Å². The minimum Gasteiger partial charge on any atom is -0.497 e. The van der Waals surface area contributed by atoms with Crippen molar-refractivity contribution in [3.8, 4) is 17.1 Å². The molecule has 0 bridgehead atoms. The lowest BCUT2D eigenvalue weighted by Crippen LogP contribution is -2.05. The van der Waals surface area contributed by atoms with Crippen LogP contribution in [0.25, 0.3) is 11.4 Å². The van der Waals surface area contributed by atoms with Crippen LogP contribution >= 0.6 is 11.8 Å². The lowest BCUT2D eigenvalue weighted by molar-refractivity contribution is -0.133. The lowest BCUT2D eigenvalue weighted by Gasteiger charge is -2.09. The highest BCUT2D eigenvalue weighted by Crippen LogP contribution is 2.27. The van der Waals surface area contributed by atoms with E-state index in [1.54, 1.807) is 19.4 Å². The molecule has 3 rings (SSSR count). The van der Waals surface area contributed by atoms with E-state index in [-0.39, 0.29) is 5.75 Å². The van der Waals surface area contributed by atoms with E-state index in [0.717, 1.165) is 23.1 Å². The second-order valence-corrected chi connectivity index (χ2v) is 5.83. The van der Waals surface area contributed by atoms with Gasteiger partial charge in [-0.25, -0.2) is 0 Å². The fourth-order valence-corrected chi connectivity index (χ4v) is 2.86. The molecular weight excluding hydrogens is 330 g/mol. The van der Waals surface area contributed by atoms with Crippen molar-refractivity contribution >= 4 is 17.7 Å². The highest BCUT2D eigenvalue weighted by Gasteiger charge is 2.17. The molecule has 2 heterocycles. The van der Waals surface area contributed by atoms with Crippen LogP contribution in [0, 0.1) is 0 Å². The van der Waals surface area contributed by atoms with Crippen LogP contribution in [0.5, 0.6) is 5.75 Å². The molecule has 0 saturated heterocycles. The molecule has 7 nitrogen and oxygen atoms in total. The molecule has 24 heavy (non-hydrogen) atoms. The molecule has 0 aliphatic rings. The maximum Gasteiger partial charge on any atom is 0.313 e. The number of thioether (sulfide) groups is 1. The topological polar surface area (TPSA) is 90.4 Å². The third-order valence-electron chi connectivity index (χ3n) is 3.26. The Labute approximate surface area is 142 Å². The predicted octanol–water partition coefficient (Wildman–Crippen LogP) is 2.77. The summed E-state index contributed by atoms with van der Waals surface area (Å²) in [6.45, 7) is 0.411. The van der Waals surface area contributed by atoms with Crippen LogP contribution in [-0.2, 0) is 11.3 Å². The summed E-state index contributed by atoms with van der Waals surface area (Å²) in [5, 5.41) is 17.8. The second-order valence-electron chi connectivity index (χ2n) is 4.89. The molecule has 1 aromatic carbocycles. The summed E-state index contributed by atoms with van der Waals surface area (Å²) in [6.07, 6.45) is 1.59. The number of aromatic nitrogens is 3. The summed E-state index contributed by atoms with van der Waals surface area (Å²) < 4.78 is 12.5. The predicted molar refractivity (Wildman–Crippen MR) is 88.2 cm³/mol. The summed E-state index contributed by atoms with van der Waals surface area (Å²) in [5.74, 6) is 1.07. The molecule has 0 amide bonds. The number of furan rings is 1. The van der Waals surface area contributed by atoms with Crippen molar-refractivity contribution in [1.82, 2.24) is 14.8 Å². The Balaban J connectivity index is 1.99. The zero-order chi connectivity index (χ0) is 16.9. The number of carbonyl (C=O) groups is 1. The smallest absolute Gasteiger partial charge is 0.313 e. The van der Waals surface area contributed by atoms with E-state index in [4.69, 9.17) is 14.3 Å². The van der Waals surface area contributed by atoms with Gasteiger partial charge in [0.05, 0.1) is 25.7 Å². The Morgan fingerprint density at radius 2 is 2.21 bits per heavy atom. The largest absolute Gasteiger partial charge is 0.497 e. The van der Waals surface area contributed by atoms with E-state index < -0.39 is 5.97 Å². The van der Waals surface area contributed by atoms with Gasteiger partial charge in [-0.3, -0.25) is 9.36 Å². The van der Waals surface area contributed by atoms with Crippen LogP contribution in [0.1, 0.15) is 5.76 Å². The molecule has 8 heteroatoms. The molecule has 0 unspecified atom stereocenters. The minimum atomic E-state index is -0.907. The molecule has 2 aromatic heterocycles. The Morgan fingerprint density at radius 3 is 2.92 bits per heavy atom. The van der Waals surface area contributed by atoms with E-state index in [1.807, 2.05) is 34.9 Å². The van der Waals surface area contributed by atoms with Crippen molar-refractivity contribution in [2.45, 2.75) is 11.7 Å². The van der Waals surface area contributed by atoms with Crippen LogP contribution in [0.3, 0.4) is 0 Å². The SMILES string of the molecule is COc1cccc(-c2nnc(SCC(=O)O)n2Cc2ccco2)c1. The summed E-state index contributed by atoms with van der Waals surface area (Å²) in [7, 11) is 1.60. The first-order valence-corrected chi connectivity index (χ1v) is 8.10. The van der Waals surface area contributed by atoms with Crippen molar-refractivity contribution in [3.05, 3.63) is 48.4 Å². The molecule has 0 aliphatic heterocycles. The van der Waals surface area contributed by atoms with Gasteiger partial charge in [0.15, 0.2) is 11.0 Å². The number of rotatable bonds is 7. The van der Waals surface area contributed by atoms with Crippen LogP contribution in [-0.4, -0.2) is 38.7 Å².